The van der Waals surface area contributed by atoms with E-state index in [1.807, 2.05) is 6.20 Å². The smallest absolute Gasteiger partial charge is 0.0522 e. The Labute approximate surface area is 139 Å². The van der Waals surface area contributed by atoms with E-state index in [-0.39, 0.29) is 0 Å². The van der Waals surface area contributed by atoms with Gasteiger partial charge in [0, 0.05) is 24.7 Å². The van der Waals surface area contributed by atoms with Crippen LogP contribution >= 0.6 is 0 Å². The number of benzene rings is 1. The van der Waals surface area contributed by atoms with Gasteiger partial charge in [0.15, 0.2) is 0 Å². The van der Waals surface area contributed by atoms with Crippen LogP contribution in [0.4, 0.5) is 0 Å². The van der Waals surface area contributed by atoms with E-state index in [2.05, 4.69) is 65.4 Å². The van der Waals surface area contributed by atoms with E-state index in [4.69, 9.17) is 0 Å². The standard InChI is InChI=1S/C20H27N3/c1-3-18-13-21-22-20(18)19-10-7-11-23(15-19)14-16(2)12-17-8-5-4-6-9-17/h4-6,8-9,12-13,19H,3,7,10-11,14-15H2,1-2H3,(H,21,22)/b16-12+/t19-/m1/s1. The minimum absolute atomic E-state index is 0.603. The first-order valence-corrected chi connectivity index (χ1v) is 8.73. The molecule has 3 rings (SSSR count). The molecule has 1 aromatic heterocycles. The fourth-order valence-corrected chi connectivity index (χ4v) is 3.62. The van der Waals surface area contributed by atoms with Crippen LogP contribution in [-0.4, -0.2) is 34.7 Å². The van der Waals surface area contributed by atoms with Gasteiger partial charge in [-0.15, -0.1) is 0 Å². The molecule has 0 radical (unpaired) electrons. The zero-order valence-electron chi connectivity index (χ0n) is 14.3. The zero-order valence-corrected chi connectivity index (χ0v) is 14.3. The summed E-state index contributed by atoms with van der Waals surface area (Å²) in [7, 11) is 0. The molecule has 0 saturated carbocycles. The molecule has 1 N–H and O–H groups in total. The molecule has 122 valence electrons. The maximum Gasteiger partial charge on any atom is 0.0522 e. The summed E-state index contributed by atoms with van der Waals surface area (Å²) in [6.07, 6.45) is 7.90. The van der Waals surface area contributed by atoms with E-state index >= 15 is 0 Å². The van der Waals surface area contributed by atoms with Gasteiger partial charge in [-0.3, -0.25) is 10.00 Å². The fourth-order valence-electron chi connectivity index (χ4n) is 3.62. The molecule has 1 aliphatic rings. The van der Waals surface area contributed by atoms with Gasteiger partial charge < -0.3 is 0 Å². The molecular formula is C20H27N3. The second-order valence-corrected chi connectivity index (χ2v) is 6.64. The topological polar surface area (TPSA) is 31.9 Å². The van der Waals surface area contributed by atoms with Gasteiger partial charge in [-0.2, -0.15) is 5.10 Å². The number of aromatic nitrogens is 2. The molecule has 0 bridgehead atoms. The Morgan fingerprint density at radius 2 is 2.17 bits per heavy atom. The highest BCUT2D eigenvalue weighted by atomic mass is 15.1. The molecule has 1 saturated heterocycles. The molecule has 3 nitrogen and oxygen atoms in total. The van der Waals surface area contributed by atoms with Crippen molar-refractivity contribution in [3.05, 3.63) is 58.9 Å². The van der Waals surface area contributed by atoms with Crippen molar-refractivity contribution in [1.29, 1.82) is 0 Å². The molecule has 2 heterocycles. The SMILES string of the molecule is CCc1cn[nH]c1[C@@H]1CCCN(C/C(C)=C/c2ccccc2)C1. The minimum Gasteiger partial charge on any atom is -0.299 e. The molecule has 1 fully saturated rings. The van der Waals surface area contributed by atoms with Gasteiger partial charge in [0.1, 0.15) is 0 Å². The van der Waals surface area contributed by atoms with Crippen molar-refractivity contribution in [1.82, 2.24) is 15.1 Å². The van der Waals surface area contributed by atoms with Crippen LogP contribution in [0.1, 0.15) is 49.4 Å². The summed E-state index contributed by atoms with van der Waals surface area (Å²) >= 11 is 0. The number of piperidine rings is 1. The maximum atomic E-state index is 4.26. The number of nitrogens with zero attached hydrogens (tertiary/aromatic N) is 2. The highest BCUT2D eigenvalue weighted by Crippen LogP contribution is 2.28. The lowest BCUT2D eigenvalue weighted by Crippen LogP contribution is -2.35. The normalized spacial score (nSPS) is 19.9. The van der Waals surface area contributed by atoms with Crippen molar-refractivity contribution in [2.45, 2.75) is 39.0 Å². The average molecular weight is 309 g/mol. The zero-order chi connectivity index (χ0) is 16.1. The summed E-state index contributed by atoms with van der Waals surface area (Å²) in [6.45, 7) is 7.84. The van der Waals surface area contributed by atoms with Crippen LogP contribution in [0, 0.1) is 0 Å². The first-order chi connectivity index (χ1) is 11.3. The van der Waals surface area contributed by atoms with E-state index in [0.29, 0.717) is 5.92 Å². The van der Waals surface area contributed by atoms with Crippen molar-refractivity contribution < 1.29 is 0 Å². The minimum atomic E-state index is 0.603. The Hall–Kier alpha value is -1.87. The Kier molecular flexibility index (Phi) is 5.29. The van der Waals surface area contributed by atoms with Crippen molar-refractivity contribution in [2.75, 3.05) is 19.6 Å². The summed E-state index contributed by atoms with van der Waals surface area (Å²) in [6, 6.07) is 10.6. The number of hydrogen-bond donors (Lipinski definition) is 1. The van der Waals surface area contributed by atoms with E-state index < -0.39 is 0 Å². The summed E-state index contributed by atoms with van der Waals surface area (Å²) in [5.74, 6) is 0.603. The van der Waals surface area contributed by atoms with Gasteiger partial charge in [-0.25, -0.2) is 0 Å². The lowest BCUT2D eigenvalue weighted by atomic mass is 9.91. The van der Waals surface area contributed by atoms with Crippen molar-refractivity contribution >= 4 is 6.08 Å². The molecule has 1 aromatic carbocycles. The van der Waals surface area contributed by atoms with Crippen LogP contribution in [-0.2, 0) is 6.42 Å². The fraction of sp³-hybridized carbons (Fsp3) is 0.450. The quantitative estimate of drug-likeness (QED) is 0.895. The molecule has 1 aliphatic heterocycles. The average Bonchev–Trinajstić information content (AvgIpc) is 3.04. The third-order valence-electron chi connectivity index (χ3n) is 4.73. The Morgan fingerprint density at radius 1 is 1.35 bits per heavy atom. The van der Waals surface area contributed by atoms with Crippen LogP contribution in [0.2, 0.25) is 0 Å². The van der Waals surface area contributed by atoms with Gasteiger partial charge in [0.25, 0.3) is 0 Å². The van der Waals surface area contributed by atoms with Gasteiger partial charge in [-0.05, 0) is 43.9 Å². The lowest BCUT2D eigenvalue weighted by molar-refractivity contribution is 0.221. The Bertz CT molecular complexity index is 642. The third kappa shape index (κ3) is 4.11. The summed E-state index contributed by atoms with van der Waals surface area (Å²) in [5.41, 5.74) is 5.47. The molecule has 2 aromatic rings. The van der Waals surface area contributed by atoms with Crippen molar-refractivity contribution in [2.24, 2.45) is 0 Å². The number of H-pyrrole nitrogens is 1. The second-order valence-electron chi connectivity index (χ2n) is 6.64. The molecule has 0 aliphatic carbocycles. The largest absolute Gasteiger partial charge is 0.299 e. The summed E-state index contributed by atoms with van der Waals surface area (Å²) < 4.78 is 0. The predicted octanol–water partition coefficient (Wildman–Crippen LogP) is 4.26. The molecule has 1 atom stereocenters. The highest BCUT2D eigenvalue weighted by Gasteiger charge is 2.24. The number of aromatic amines is 1. The number of rotatable bonds is 5. The summed E-state index contributed by atoms with van der Waals surface area (Å²) in [4.78, 5) is 2.59. The number of nitrogens with one attached hydrogen (secondary N) is 1. The summed E-state index contributed by atoms with van der Waals surface area (Å²) in [5, 5.41) is 7.50. The molecule has 3 heteroatoms. The third-order valence-corrected chi connectivity index (χ3v) is 4.73. The van der Waals surface area contributed by atoms with Crippen molar-refractivity contribution in [3.8, 4) is 0 Å². The predicted molar refractivity (Wildman–Crippen MR) is 96.5 cm³/mol. The van der Waals surface area contributed by atoms with Crippen LogP contribution in [0.5, 0.6) is 0 Å². The van der Waals surface area contributed by atoms with Crippen molar-refractivity contribution in [3.63, 3.8) is 0 Å². The van der Waals surface area contributed by atoms with Gasteiger partial charge in [0.05, 0.1) is 6.20 Å². The van der Waals surface area contributed by atoms with Crippen LogP contribution in [0.3, 0.4) is 0 Å². The lowest BCUT2D eigenvalue weighted by Gasteiger charge is -2.33. The van der Waals surface area contributed by atoms with Gasteiger partial charge in [0.2, 0.25) is 0 Å². The monoisotopic (exact) mass is 309 g/mol. The number of likely N-dealkylation sites (tertiary alicyclic amines) is 1. The van der Waals surface area contributed by atoms with E-state index in [9.17, 15) is 0 Å². The molecule has 0 spiro atoms. The van der Waals surface area contributed by atoms with Gasteiger partial charge >= 0.3 is 0 Å². The highest BCUT2D eigenvalue weighted by molar-refractivity contribution is 5.52. The van der Waals surface area contributed by atoms with E-state index in [1.54, 1.807) is 0 Å². The first kappa shape index (κ1) is 16.0. The van der Waals surface area contributed by atoms with E-state index in [0.717, 1.165) is 19.5 Å². The first-order valence-electron chi connectivity index (χ1n) is 8.73. The maximum absolute atomic E-state index is 4.26. The Morgan fingerprint density at radius 3 is 2.96 bits per heavy atom. The molecular weight excluding hydrogens is 282 g/mol. The number of aryl methyl sites for hydroxylation is 1. The van der Waals surface area contributed by atoms with Crippen LogP contribution < -0.4 is 0 Å². The molecule has 23 heavy (non-hydrogen) atoms. The molecule has 0 amide bonds. The van der Waals surface area contributed by atoms with E-state index in [1.165, 1.54) is 41.8 Å². The van der Waals surface area contributed by atoms with Crippen LogP contribution in [0.25, 0.3) is 6.08 Å². The van der Waals surface area contributed by atoms with Crippen LogP contribution in [0.15, 0.2) is 42.1 Å². The second kappa shape index (κ2) is 7.60. The Balaban J connectivity index is 1.64. The van der Waals surface area contributed by atoms with Gasteiger partial charge in [-0.1, -0.05) is 48.9 Å². The number of hydrogen-bond acceptors (Lipinski definition) is 2. The molecule has 0 unspecified atom stereocenters.